The van der Waals surface area contributed by atoms with E-state index in [1.54, 1.807) is 17.1 Å². The molecule has 0 amide bonds. The molecule has 0 saturated heterocycles. The van der Waals surface area contributed by atoms with Crippen molar-refractivity contribution in [3.8, 4) is 0 Å². The van der Waals surface area contributed by atoms with Crippen molar-refractivity contribution >= 4 is 33.2 Å². The Morgan fingerprint density at radius 2 is 2.21 bits per heavy atom. The first-order chi connectivity index (χ1) is 6.76. The van der Waals surface area contributed by atoms with Gasteiger partial charge in [0.05, 0.1) is 0 Å². The SMILES string of the molecule is CCc1cc(SC)cc2c(F)csc12. The Kier molecular flexibility index (Phi) is 2.79. The highest BCUT2D eigenvalue weighted by molar-refractivity contribution is 7.98. The van der Waals surface area contributed by atoms with Crippen LogP contribution in [-0.2, 0) is 6.42 Å². The Morgan fingerprint density at radius 1 is 1.43 bits per heavy atom. The summed E-state index contributed by atoms with van der Waals surface area (Å²) >= 11 is 3.16. The molecule has 0 fully saturated rings. The lowest BCUT2D eigenvalue weighted by Crippen LogP contribution is -1.82. The minimum Gasteiger partial charge on any atom is -0.205 e. The van der Waals surface area contributed by atoms with Crippen molar-refractivity contribution in [1.29, 1.82) is 0 Å². The molecule has 0 nitrogen and oxygen atoms in total. The van der Waals surface area contributed by atoms with Crippen molar-refractivity contribution in [1.82, 2.24) is 0 Å². The molecule has 74 valence electrons. The van der Waals surface area contributed by atoms with Gasteiger partial charge in [0.1, 0.15) is 5.82 Å². The largest absolute Gasteiger partial charge is 0.205 e. The number of thioether (sulfide) groups is 1. The van der Waals surface area contributed by atoms with E-state index in [0.29, 0.717) is 0 Å². The van der Waals surface area contributed by atoms with Crippen LogP contribution in [0.3, 0.4) is 0 Å². The molecule has 1 aromatic carbocycles. The van der Waals surface area contributed by atoms with E-state index in [4.69, 9.17) is 0 Å². The quantitative estimate of drug-likeness (QED) is 0.687. The van der Waals surface area contributed by atoms with Gasteiger partial charge in [-0.3, -0.25) is 0 Å². The summed E-state index contributed by atoms with van der Waals surface area (Å²) < 4.78 is 14.5. The smallest absolute Gasteiger partial charge is 0.141 e. The molecule has 14 heavy (non-hydrogen) atoms. The van der Waals surface area contributed by atoms with E-state index >= 15 is 0 Å². The van der Waals surface area contributed by atoms with Crippen molar-refractivity contribution in [2.24, 2.45) is 0 Å². The zero-order valence-electron chi connectivity index (χ0n) is 8.13. The normalized spacial score (nSPS) is 11.1. The van der Waals surface area contributed by atoms with Gasteiger partial charge in [-0.15, -0.1) is 23.1 Å². The Morgan fingerprint density at radius 3 is 2.86 bits per heavy atom. The van der Waals surface area contributed by atoms with Crippen LogP contribution in [0.2, 0.25) is 0 Å². The third-order valence-corrected chi connectivity index (χ3v) is 4.04. The molecule has 0 aliphatic carbocycles. The number of hydrogen-bond acceptors (Lipinski definition) is 2. The van der Waals surface area contributed by atoms with Crippen LogP contribution in [0.5, 0.6) is 0 Å². The highest BCUT2D eigenvalue weighted by Gasteiger charge is 2.08. The maximum Gasteiger partial charge on any atom is 0.141 e. The minimum absolute atomic E-state index is 0.0874. The van der Waals surface area contributed by atoms with Crippen molar-refractivity contribution < 1.29 is 4.39 Å². The second kappa shape index (κ2) is 3.91. The second-order valence-corrected chi connectivity index (χ2v) is 4.86. The van der Waals surface area contributed by atoms with Crippen molar-refractivity contribution in [3.05, 3.63) is 28.9 Å². The molecule has 2 rings (SSSR count). The molecule has 0 aliphatic rings. The summed E-state index contributed by atoms with van der Waals surface area (Å²) in [5, 5.41) is 2.37. The first-order valence-corrected chi connectivity index (χ1v) is 6.60. The standard InChI is InChI=1S/C11H11FS2/c1-3-7-4-8(13-2)5-9-10(12)6-14-11(7)9/h4-6H,3H2,1-2H3. The fourth-order valence-corrected chi connectivity index (χ4v) is 3.01. The fourth-order valence-electron chi connectivity index (χ4n) is 1.53. The van der Waals surface area contributed by atoms with Crippen LogP contribution in [0, 0.1) is 5.82 Å². The van der Waals surface area contributed by atoms with Crippen molar-refractivity contribution in [2.45, 2.75) is 18.2 Å². The summed E-state index contributed by atoms with van der Waals surface area (Å²) in [6.07, 6.45) is 2.98. The van der Waals surface area contributed by atoms with Crippen LogP contribution in [-0.4, -0.2) is 6.26 Å². The monoisotopic (exact) mass is 226 g/mol. The Hall–Kier alpha value is -0.540. The van der Waals surface area contributed by atoms with Crippen LogP contribution >= 0.6 is 23.1 Å². The molecule has 0 atom stereocenters. The van der Waals surface area contributed by atoms with Crippen molar-refractivity contribution in [3.63, 3.8) is 0 Å². The van der Waals surface area contributed by atoms with Crippen LogP contribution in [0.15, 0.2) is 22.4 Å². The lowest BCUT2D eigenvalue weighted by Gasteiger charge is -2.02. The number of hydrogen-bond donors (Lipinski definition) is 0. The van der Waals surface area contributed by atoms with E-state index < -0.39 is 0 Å². The van der Waals surface area contributed by atoms with Gasteiger partial charge in [0.25, 0.3) is 0 Å². The maximum absolute atomic E-state index is 13.4. The Labute approximate surface area is 91.1 Å². The lowest BCUT2D eigenvalue weighted by molar-refractivity contribution is 0.644. The average molecular weight is 226 g/mol. The van der Waals surface area contributed by atoms with Gasteiger partial charge in [0.15, 0.2) is 0 Å². The zero-order valence-corrected chi connectivity index (χ0v) is 9.77. The maximum atomic E-state index is 13.4. The first-order valence-electron chi connectivity index (χ1n) is 4.50. The third-order valence-electron chi connectivity index (χ3n) is 2.29. The summed E-state index contributed by atoms with van der Waals surface area (Å²) in [4.78, 5) is 1.15. The predicted molar refractivity (Wildman–Crippen MR) is 62.9 cm³/mol. The van der Waals surface area contributed by atoms with Gasteiger partial charge < -0.3 is 0 Å². The molecule has 0 N–H and O–H groups in total. The second-order valence-electron chi connectivity index (χ2n) is 3.10. The highest BCUT2D eigenvalue weighted by Crippen LogP contribution is 2.32. The molecule has 0 unspecified atom stereocenters. The van der Waals surface area contributed by atoms with Crippen LogP contribution in [0.4, 0.5) is 4.39 Å². The van der Waals surface area contributed by atoms with Crippen LogP contribution in [0.1, 0.15) is 12.5 Å². The molecule has 0 bridgehead atoms. The van der Waals surface area contributed by atoms with Gasteiger partial charge >= 0.3 is 0 Å². The molecule has 0 spiro atoms. The average Bonchev–Trinajstić information content (AvgIpc) is 2.59. The van der Waals surface area contributed by atoms with Crippen molar-refractivity contribution in [2.75, 3.05) is 6.26 Å². The number of fused-ring (bicyclic) bond motifs is 1. The summed E-state index contributed by atoms with van der Waals surface area (Å²) in [5.74, 6) is -0.0874. The number of aryl methyl sites for hydroxylation is 1. The topological polar surface area (TPSA) is 0 Å². The molecule has 1 heterocycles. The van der Waals surface area contributed by atoms with E-state index in [-0.39, 0.29) is 5.82 Å². The van der Waals surface area contributed by atoms with Crippen LogP contribution in [0.25, 0.3) is 10.1 Å². The van der Waals surface area contributed by atoms with Gasteiger partial charge in [-0.1, -0.05) is 6.92 Å². The Balaban J connectivity index is 2.76. The molecule has 2 aromatic rings. The molecule has 0 saturated carbocycles. The Bertz CT molecular complexity index is 460. The molecule has 3 heteroatoms. The molecular formula is C11H11FS2. The van der Waals surface area contributed by atoms with Gasteiger partial charge in [0, 0.05) is 20.4 Å². The number of thiophene rings is 1. The van der Waals surface area contributed by atoms with Gasteiger partial charge in [0.2, 0.25) is 0 Å². The van der Waals surface area contributed by atoms with Gasteiger partial charge in [-0.25, -0.2) is 4.39 Å². The van der Waals surface area contributed by atoms with Gasteiger partial charge in [-0.05, 0) is 30.4 Å². The fraction of sp³-hybridized carbons (Fsp3) is 0.273. The number of rotatable bonds is 2. The van der Waals surface area contributed by atoms with E-state index in [9.17, 15) is 4.39 Å². The summed E-state index contributed by atoms with van der Waals surface area (Å²) in [7, 11) is 0. The summed E-state index contributed by atoms with van der Waals surface area (Å²) in [5.41, 5.74) is 1.25. The van der Waals surface area contributed by atoms with E-state index in [1.165, 1.54) is 16.9 Å². The summed E-state index contributed by atoms with van der Waals surface area (Å²) in [6, 6.07) is 4.09. The number of halogens is 1. The van der Waals surface area contributed by atoms with E-state index in [2.05, 4.69) is 13.0 Å². The molecular weight excluding hydrogens is 215 g/mol. The minimum atomic E-state index is -0.0874. The third kappa shape index (κ3) is 1.55. The molecule has 0 aliphatic heterocycles. The zero-order chi connectivity index (χ0) is 10.1. The highest BCUT2D eigenvalue weighted by atomic mass is 32.2. The predicted octanol–water partition coefficient (Wildman–Crippen LogP) is 4.32. The first kappa shape index (κ1) is 9.99. The molecule has 1 aromatic heterocycles. The lowest BCUT2D eigenvalue weighted by atomic mass is 10.1. The van der Waals surface area contributed by atoms with E-state index in [0.717, 1.165) is 21.4 Å². The van der Waals surface area contributed by atoms with Crippen LogP contribution < -0.4 is 0 Å². The van der Waals surface area contributed by atoms with E-state index in [1.807, 2.05) is 12.3 Å². The summed E-state index contributed by atoms with van der Waals surface area (Å²) in [6.45, 7) is 2.11. The molecule has 0 radical (unpaired) electrons. The number of benzene rings is 1. The van der Waals surface area contributed by atoms with Gasteiger partial charge in [-0.2, -0.15) is 0 Å².